The monoisotopic (exact) mass is 328 g/mol. The zero-order chi connectivity index (χ0) is 16.8. The zero-order valence-corrected chi connectivity index (χ0v) is 14.2. The van der Waals surface area contributed by atoms with E-state index in [1.165, 1.54) is 18.4 Å². The van der Waals surface area contributed by atoms with E-state index in [2.05, 4.69) is 22.3 Å². The summed E-state index contributed by atoms with van der Waals surface area (Å²) in [6, 6.07) is 13.5. The first-order valence-corrected chi connectivity index (χ1v) is 8.64. The third-order valence-corrected chi connectivity index (χ3v) is 4.59. The van der Waals surface area contributed by atoms with Gasteiger partial charge in [0.25, 0.3) is 0 Å². The topological polar surface area (TPSA) is 24.5 Å². The van der Waals surface area contributed by atoms with Gasteiger partial charge in [0, 0.05) is 30.9 Å². The lowest BCUT2D eigenvalue weighted by Gasteiger charge is -2.22. The van der Waals surface area contributed by atoms with Gasteiger partial charge in [-0.05, 0) is 55.6 Å². The molecule has 1 saturated heterocycles. The van der Waals surface area contributed by atoms with Crippen molar-refractivity contribution in [2.45, 2.75) is 25.8 Å². The minimum Gasteiger partial charge on any atom is -0.497 e. The van der Waals surface area contributed by atoms with Crippen LogP contribution in [0, 0.1) is 5.82 Å². The van der Waals surface area contributed by atoms with Crippen LogP contribution in [0.1, 0.15) is 24.0 Å². The van der Waals surface area contributed by atoms with E-state index >= 15 is 0 Å². The van der Waals surface area contributed by atoms with E-state index in [1.54, 1.807) is 13.2 Å². The molecule has 128 valence electrons. The van der Waals surface area contributed by atoms with Gasteiger partial charge >= 0.3 is 0 Å². The van der Waals surface area contributed by atoms with Crippen LogP contribution in [0.15, 0.2) is 42.5 Å². The zero-order valence-electron chi connectivity index (χ0n) is 14.2. The SMILES string of the molecule is COc1ccc(CCNCc2c(F)cccc2N2CCCC2)cc1. The lowest BCUT2D eigenvalue weighted by molar-refractivity contribution is 0.414. The highest BCUT2D eigenvalue weighted by atomic mass is 19.1. The van der Waals surface area contributed by atoms with Crippen molar-refractivity contribution in [2.75, 3.05) is 31.6 Å². The van der Waals surface area contributed by atoms with E-state index < -0.39 is 0 Å². The van der Waals surface area contributed by atoms with Crippen LogP contribution in [0.4, 0.5) is 10.1 Å². The third kappa shape index (κ3) is 4.06. The first-order valence-electron chi connectivity index (χ1n) is 8.64. The summed E-state index contributed by atoms with van der Waals surface area (Å²) in [6.07, 6.45) is 3.30. The number of halogens is 1. The van der Waals surface area contributed by atoms with Crippen LogP contribution in [-0.4, -0.2) is 26.7 Å². The Balaban J connectivity index is 1.56. The van der Waals surface area contributed by atoms with Gasteiger partial charge in [-0.1, -0.05) is 18.2 Å². The van der Waals surface area contributed by atoms with Gasteiger partial charge in [-0.25, -0.2) is 4.39 Å². The van der Waals surface area contributed by atoms with Gasteiger partial charge in [-0.15, -0.1) is 0 Å². The fourth-order valence-electron chi connectivity index (χ4n) is 3.21. The highest BCUT2D eigenvalue weighted by molar-refractivity contribution is 5.54. The molecule has 4 heteroatoms. The summed E-state index contributed by atoms with van der Waals surface area (Å²) < 4.78 is 19.4. The fraction of sp³-hybridized carbons (Fsp3) is 0.400. The second-order valence-corrected chi connectivity index (χ2v) is 6.21. The largest absolute Gasteiger partial charge is 0.497 e. The molecule has 0 spiro atoms. The Hall–Kier alpha value is -2.07. The predicted molar refractivity (Wildman–Crippen MR) is 96.3 cm³/mol. The highest BCUT2D eigenvalue weighted by Gasteiger charge is 2.17. The molecule has 24 heavy (non-hydrogen) atoms. The quantitative estimate of drug-likeness (QED) is 0.783. The number of rotatable bonds is 7. The van der Waals surface area contributed by atoms with Gasteiger partial charge in [0.2, 0.25) is 0 Å². The number of nitrogens with one attached hydrogen (secondary N) is 1. The Kier molecular flexibility index (Phi) is 5.70. The Bertz CT molecular complexity index is 651. The van der Waals surface area contributed by atoms with Crippen LogP contribution in [-0.2, 0) is 13.0 Å². The number of anilines is 1. The van der Waals surface area contributed by atoms with Gasteiger partial charge in [-0.2, -0.15) is 0 Å². The first-order chi connectivity index (χ1) is 11.8. The van der Waals surface area contributed by atoms with E-state index in [1.807, 2.05) is 24.3 Å². The molecule has 0 unspecified atom stereocenters. The molecule has 3 rings (SSSR count). The molecular weight excluding hydrogens is 303 g/mol. The number of hydrogen-bond acceptors (Lipinski definition) is 3. The van der Waals surface area contributed by atoms with Crippen molar-refractivity contribution in [3.05, 3.63) is 59.4 Å². The van der Waals surface area contributed by atoms with Crippen molar-refractivity contribution >= 4 is 5.69 Å². The van der Waals surface area contributed by atoms with Crippen LogP contribution in [0.25, 0.3) is 0 Å². The lowest BCUT2D eigenvalue weighted by atomic mass is 10.1. The maximum Gasteiger partial charge on any atom is 0.129 e. The Labute approximate surface area is 143 Å². The average Bonchev–Trinajstić information content (AvgIpc) is 3.14. The molecule has 1 aliphatic rings. The molecule has 1 aliphatic heterocycles. The van der Waals surface area contributed by atoms with E-state index in [-0.39, 0.29) is 5.82 Å². The standard InChI is InChI=1S/C20H25FN2O/c1-24-17-9-7-16(8-10-17)11-12-22-15-18-19(21)5-4-6-20(18)23-13-2-3-14-23/h4-10,22H,2-3,11-15H2,1H3. The molecule has 0 saturated carbocycles. The van der Waals surface area contributed by atoms with E-state index in [9.17, 15) is 4.39 Å². The van der Waals surface area contributed by atoms with Gasteiger partial charge < -0.3 is 15.0 Å². The van der Waals surface area contributed by atoms with Gasteiger partial charge in [0.1, 0.15) is 11.6 Å². The smallest absolute Gasteiger partial charge is 0.129 e. The second-order valence-electron chi connectivity index (χ2n) is 6.21. The third-order valence-electron chi connectivity index (χ3n) is 4.59. The van der Waals surface area contributed by atoms with E-state index in [4.69, 9.17) is 4.74 Å². The number of ether oxygens (including phenoxy) is 1. The highest BCUT2D eigenvalue weighted by Crippen LogP contribution is 2.26. The van der Waals surface area contributed by atoms with E-state index in [0.717, 1.165) is 43.1 Å². The maximum atomic E-state index is 14.3. The normalized spacial score (nSPS) is 14.2. The van der Waals surface area contributed by atoms with Crippen LogP contribution in [0.2, 0.25) is 0 Å². The van der Waals surface area contributed by atoms with Gasteiger partial charge in [0.15, 0.2) is 0 Å². The Morgan fingerprint density at radius 2 is 1.83 bits per heavy atom. The summed E-state index contributed by atoms with van der Waals surface area (Å²) >= 11 is 0. The molecule has 2 aromatic rings. The molecule has 2 aromatic carbocycles. The van der Waals surface area contributed by atoms with Crippen molar-refractivity contribution in [3.63, 3.8) is 0 Å². The molecule has 1 heterocycles. The molecule has 1 N–H and O–H groups in total. The molecule has 0 aromatic heterocycles. The molecule has 1 fully saturated rings. The molecule has 0 atom stereocenters. The van der Waals surface area contributed by atoms with Crippen LogP contribution >= 0.6 is 0 Å². The fourth-order valence-corrected chi connectivity index (χ4v) is 3.21. The van der Waals surface area contributed by atoms with Crippen LogP contribution in [0.3, 0.4) is 0 Å². The minimum atomic E-state index is -0.114. The predicted octanol–water partition coefficient (Wildman–Crippen LogP) is 3.77. The summed E-state index contributed by atoms with van der Waals surface area (Å²) in [5.41, 5.74) is 3.08. The second kappa shape index (κ2) is 8.15. The van der Waals surface area contributed by atoms with Gasteiger partial charge in [-0.3, -0.25) is 0 Å². The Morgan fingerprint density at radius 1 is 1.08 bits per heavy atom. The molecule has 0 radical (unpaired) electrons. The first kappa shape index (κ1) is 16.8. The molecule has 3 nitrogen and oxygen atoms in total. The van der Waals surface area contributed by atoms with Crippen molar-refractivity contribution in [2.24, 2.45) is 0 Å². The molecule has 0 bridgehead atoms. The number of nitrogens with zero attached hydrogens (tertiary/aromatic N) is 1. The molecule has 0 amide bonds. The summed E-state index contributed by atoms with van der Waals surface area (Å²) in [5, 5.41) is 3.39. The average molecular weight is 328 g/mol. The Morgan fingerprint density at radius 3 is 2.54 bits per heavy atom. The molecule has 0 aliphatic carbocycles. The minimum absolute atomic E-state index is 0.114. The van der Waals surface area contributed by atoms with E-state index in [0.29, 0.717) is 6.54 Å². The van der Waals surface area contributed by atoms with Crippen molar-refractivity contribution < 1.29 is 9.13 Å². The number of methoxy groups -OCH3 is 1. The van der Waals surface area contributed by atoms with Crippen LogP contribution < -0.4 is 15.0 Å². The summed E-state index contributed by atoms with van der Waals surface area (Å²) in [4.78, 5) is 2.30. The van der Waals surface area contributed by atoms with Crippen molar-refractivity contribution in [1.29, 1.82) is 0 Å². The summed E-state index contributed by atoms with van der Waals surface area (Å²) in [6.45, 7) is 3.44. The lowest BCUT2D eigenvalue weighted by Crippen LogP contribution is -2.23. The summed E-state index contributed by atoms with van der Waals surface area (Å²) in [5.74, 6) is 0.754. The number of benzene rings is 2. The summed E-state index contributed by atoms with van der Waals surface area (Å²) in [7, 11) is 1.67. The van der Waals surface area contributed by atoms with Gasteiger partial charge in [0.05, 0.1) is 7.11 Å². The molecular formula is C20H25FN2O. The maximum absolute atomic E-state index is 14.3. The van der Waals surface area contributed by atoms with Crippen LogP contribution in [0.5, 0.6) is 5.75 Å². The number of hydrogen-bond donors (Lipinski definition) is 1. The van der Waals surface area contributed by atoms with Crippen molar-refractivity contribution in [3.8, 4) is 5.75 Å². The van der Waals surface area contributed by atoms with Crippen molar-refractivity contribution in [1.82, 2.24) is 5.32 Å².